The minimum atomic E-state index is 0.500. The number of hydrogen-bond donors (Lipinski definition) is 1. The molecular formula is C13H21NS. The van der Waals surface area contributed by atoms with E-state index in [2.05, 4.69) is 49.7 Å². The molecule has 1 N–H and O–H groups in total. The Morgan fingerprint density at radius 3 is 2.80 bits per heavy atom. The average molecular weight is 223 g/mol. The first kappa shape index (κ1) is 12.6. The van der Waals surface area contributed by atoms with Crippen LogP contribution in [-0.4, -0.2) is 18.6 Å². The van der Waals surface area contributed by atoms with Crippen molar-refractivity contribution in [2.75, 3.05) is 18.6 Å². The van der Waals surface area contributed by atoms with Crippen LogP contribution < -0.4 is 5.32 Å². The van der Waals surface area contributed by atoms with Gasteiger partial charge >= 0.3 is 0 Å². The van der Waals surface area contributed by atoms with Crippen LogP contribution in [0.25, 0.3) is 0 Å². The third-order valence-electron chi connectivity index (χ3n) is 2.42. The van der Waals surface area contributed by atoms with Gasteiger partial charge in [-0.2, -0.15) is 11.8 Å². The van der Waals surface area contributed by atoms with Crippen molar-refractivity contribution in [3.05, 3.63) is 35.4 Å². The number of hydrogen-bond acceptors (Lipinski definition) is 2. The summed E-state index contributed by atoms with van der Waals surface area (Å²) in [6, 6.07) is 9.30. The van der Waals surface area contributed by atoms with Gasteiger partial charge in [0, 0.05) is 11.8 Å². The molecule has 0 fully saturated rings. The van der Waals surface area contributed by atoms with E-state index < -0.39 is 0 Å². The zero-order chi connectivity index (χ0) is 11.1. The monoisotopic (exact) mass is 223 g/mol. The Morgan fingerprint density at radius 2 is 2.20 bits per heavy atom. The average Bonchev–Trinajstić information content (AvgIpc) is 2.24. The van der Waals surface area contributed by atoms with Gasteiger partial charge in [0.05, 0.1) is 0 Å². The summed E-state index contributed by atoms with van der Waals surface area (Å²) in [5.74, 6) is 1.14. The van der Waals surface area contributed by atoms with E-state index in [1.807, 2.05) is 11.8 Å². The normalized spacial score (nSPS) is 12.7. The maximum atomic E-state index is 3.59. The predicted molar refractivity (Wildman–Crippen MR) is 70.6 cm³/mol. The van der Waals surface area contributed by atoms with Gasteiger partial charge in [-0.25, -0.2) is 0 Å². The highest BCUT2D eigenvalue weighted by atomic mass is 32.2. The van der Waals surface area contributed by atoms with E-state index in [-0.39, 0.29) is 0 Å². The minimum Gasteiger partial charge on any atom is -0.309 e. The van der Waals surface area contributed by atoms with Crippen molar-refractivity contribution in [1.29, 1.82) is 0 Å². The number of nitrogens with one attached hydrogen (secondary N) is 1. The van der Waals surface area contributed by atoms with Gasteiger partial charge in [0.2, 0.25) is 0 Å². The van der Waals surface area contributed by atoms with Crippen LogP contribution in [0.5, 0.6) is 0 Å². The quantitative estimate of drug-likeness (QED) is 0.793. The minimum absolute atomic E-state index is 0.500. The van der Waals surface area contributed by atoms with Gasteiger partial charge in [-0.3, -0.25) is 0 Å². The summed E-state index contributed by atoms with van der Waals surface area (Å²) in [7, 11) is 0. The van der Waals surface area contributed by atoms with Gasteiger partial charge in [-0.05, 0) is 31.7 Å². The molecule has 0 saturated carbocycles. The molecular weight excluding hydrogens is 202 g/mol. The zero-order valence-corrected chi connectivity index (χ0v) is 10.7. The number of benzene rings is 1. The van der Waals surface area contributed by atoms with E-state index in [1.165, 1.54) is 17.5 Å². The number of aryl methyl sites for hydroxylation is 1. The van der Waals surface area contributed by atoms with Gasteiger partial charge in [0.15, 0.2) is 0 Å². The van der Waals surface area contributed by atoms with E-state index in [1.54, 1.807) is 0 Å². The lowest BCUT2D eigenvalue weighted by Crippen LogP contribution is -2.24. The van der Waals surface area contributed by atoms with Gasteiger partial charge in [-0.1, -0.05) is 36.8 Å². The molecule has 0 heterocycles. The van der Waals surface area contributed by atoms with Crippen molar-refractivity contribution in [2.24, 2.45) is 0 Å². The Kier molecular flexibility index (Phi) is 5.81. The second-order valence-corrected chi connectivity index (χ2v) is 4.79. The van der Waals surface area contributed by atoms with Gasteiger partial charge in [-0.15, -0.1) is 0 Å². The molecule has 0 saturated heterocycles. The smallest absolute Gasteiger partial charge is 0.0411 e. The fourth-order valence-corrected chi connectivity index (χ4v) is 2.29. The molecule has 1 aromatic carbocycles. The van der Waals surface area contributed by atoms with Crippen LogP contribution in [0.2, 0.25) is 0 Å². The van der Waals surface area contributed by atoms with Crippen molar-refractivity contribution in [3.8, 4) is 0 Å². The van der Waals surface area contributed by atoms with Crippen molar-refractivity contribution in [1.82, 2.24) is 5.32 Å². The fraction of sp³-hybridized carbons (Fsp3) is 0.538. The summed E-state index contributed by atoms with van der Waals surface area (Å²) in [6.45, 7) is 5.46. The standard InChI is InChI=1S/C13H21NS/c1-4-8-14-13(10-15-3)12-7-5-6-11(2)9-12/h5-7,9,13-14H,4,8,10H2,1-3H3. The van der Waals surface area contributed by atoms with Crippen LogP contribution >= 0.6 is 11.8 Å². The molecule has 1 aromatic rings. The second kappa shape index (κ2) is 6.91. The van der Waals surface area contributed by atoms with Crippen LogP contribution in [0.4, 0.5) is 0 Å². The van der Waals surface area contributed by atoms with E-state index in [9.17, 15) is 0 Å². The first-order valence-electron chi connectivity index (χ1n) is 5.56. The van der Waals surface area contributed by atoms with Crippen molar-refractivity contribution in [3.63, 3.8) is 0 Å². The summed E-state index contributed by atoms with van der Waals surface area (Å²) in [6.07, 6.45) is 3.35. The van der Waals surface area contributed by atoms with E-state index in [4.69, 9.17) is 0 Å². The van der Waals surface area contributed by atoms with Gasteiger partial charge < -0.3 is 5.32 Å². The molecule has 0 aliphatic heterocycles. The highest BCUT2D eigenvalue weighted by molar-refractivity contribution is 7.98. The van der Waals surface area contributed by atoms with Crippen LogP contribution in [0.15, 0.2) is 24.3 Å². The molecule has 1 atom stereocenters. The molecule has 1 unspecified atom stereocenters. The largest absolute Gasteiger partial charge is 0.309 e. The molecule has 15 heavy (non-hydrogen) atoms. The Hall–Kier alpha value is -0.470. The first-order valence-corrected chi connectivity index (χ1v) is 6.96. The van der Waals surface area contributed by atoms with Crippen molar-refractivity contribution < 1.29 is 0 Å². The Balaban J connectivity index is 2.69. The topological polar surface area (TPSA) is 12.0 Å². The second-order valence-electron chi connectivity index (χ2n) is 3.88. The number of rotatable bonds is 6. The van der Waals surface area contributed by atoms with Crippen molar-refractivity contribution in [2.45, 2.75) is 26.3 Å². The summed E-state index contributed by atoms with van der Waals surface area (Å²) in [5.41, 5.74) is 2.76. The van der Waals surface area contributed by atoms with Crippen LogP contribution in [0.3, 0.4) is 0 Å². The highest BCUT2D eigenvalue weighted by Crippen LogP contribution is 2.18. The molecule has 84 valence electrons. The maximum absolute atomic E-state index is 3.59. The fourth-order valence-electron chi connectivity index (χ4n) is 1.65. The molecule has 0 bridgehead atoms. The molecule has 0 amide bonds. The Labute approximate surface area is 97.7 Å². The Bertz CT molecular complexity index is 286. The SMILES string of the molecule is CCCNC(CSC)c1cccc(C)c1. The summed E-state index contributed by atoms with van der Waals surface area (Å²) < 4.78 is 0. The number of thioether (sulfide) groups is 1. The van der Waals surface area contributed by atoms with E-state index in [0.717, 1.165) is 12.3 Å². The van der Waals surface area contributed by atoms with Crippen LogP contribution in [0.1, 0.15) is 30.5 Å². The van der Waals surface area contributed by atoms with Crippen LogP contribution in [-0.2, 0) is 0 Å². The summed E-state index contributed by atoms with van der Waals surface area (Å²) >= 11 is 1.90. The Morgan fingerprint density at radius 1 is 1.40 bits per heavy atom. The van der Waals surface area contributed by atoms with Gasteiger partial charge in [0.1, 0.15) is 0 Å². The predicted octanol–water partition coefficient (Wildman–Crippen LogP) is 3.40. The molecule has 0 aliphatic rings. The van der Waals surface area contributed by atoms with Crippen molar-refractivity contribution >= 4 is 11.8 Å². The van der Waals surface area contributed by atoms with Gasteiger partial charge in [0.25, 0.3) is 0 Å². The third-order valence-corrected chi connectivity index (χ3v) is 3.09. The molecule has 0 aliphatic carbocycles. The molecule has 1 rings (SSSR count). The molecule has 0 radical (unpaired) electrons. The molecule has 1 nitrogen and oxygen atoms in total. The molecule has 2 heteroatoms. The van der Waals surface area contributed by atoms with E-state index in [0.29, 0.717) is 6.04 Å². The lowest BCUT2D eigenvalue weighted by molar-refractivity contribution is 0.577. The summed E-state index contributed by atoms with van der Waals surface area (Å²) in [5, 5.41) is 3.59. The maximum Gasteiger partial charge on any atom is 0.0411 e. The third kappa shape index (κ3) is 4.27. The van der Waals surface area contributed by atoms with Crippen LogP contribution in [0, 0.1) is 6.92 Å². The van der Waals surface area contributed by atoms with E-state index >= 15 is 0 Å². The zero-order valence-electron chi connectivity index (χ0n) is 9.92. The first-order chi connectivity index (χ1) is 7.27. The molecule has 0 aromatic heterocycles. The summed E-state index contributed by atoms with van der Waals surface area (Å²) in [4.78, 5) is 0. The molecule has 0 spiro atoms. The lowest BCUT2D eigenvalue weighted by Gasteiger charge is -2.18. The lowest BCUT2D eigenvalue weighted by atomic mass is 10.1. The highest BCUT2D eigenvalue weighted by Gasteiger charge is 2.09.